The lowest BCUT2D eigenvalue weighted by Gasteiger charge is -2.27. The Morgan fingerprint density at radius 3 is 2.50 bits per heavy atom. The third-order valence-electron chi connectivity index (χ3n) is 2.25. The van der Waals surface area contributed by atoms with Crippen LogP contribution in [-0.4, -0.2) is 37.6 Å². The van der Waals surface area contributed by atoms with Crippen LogP contribution in [0.5, 0.6) is 0 Å². The van der Waals surface area contributed by atoms with Crippen molar-refractivity contribution in [2.75, 3.05) is 27.8 Å². The molecule has 0 spiro atoms. The largest absolute Gasteiger partial charge is 0.365 e. The van der Waals surface area contributed by atoms with Gasteiger partial charge in [0.15, 0.2) is 0 Å². The summed E-state index contributed by atoms with van der Waals surface area (Å²) in [5.74, 6) is 0. The lowest BCUT2D eigenvalue weighted by Crippen LogP contribution is -2.30. The Hall–Kier alpha value is -0.500. The summed E-state index contributed by atoms with van der Waals surface area (Å²) in [4.78, 5) is 4.55. The van der Waals surface area contributed by atoms with Crippen molar-refractivity contribution in [2.45, 2.75) is 25.7 Å². The van der Waals surface area contributed by atoms with Crippen molar-refractivity contribution < 1.29 is 0 Å². The number of hydrogen-bond donors (Lipinski definition) is 0. The van der Waals surface area contributed by atoms with E-state index >= 15 is 0 Å². The summed E-state index contributed by atoms with van der Waals surface area (Å²) in [5, 5.41) is 0. The Kier molecular flexibility index (Phi) is 3.60. The second-order valence-electron chi connectivity index (χ2n) is 3.86. The van der Waals surface area contributed by atoms with Crippen LogP contribution in [0.25, 0.3) is 0 Å². The molecule has 0 unspecified atom stereocenters. The molecule has 0 bridgehead atoms. The molecule has 1 aliphatic rings. The van der Waals surface area contributed by atoms with Crippen molar-refractivity contribution in [3.05, 3.63) is 11.8 Å². The molecule has 0 aromatic carbocycles. The van der Waals surface area contributed by atoms with Gasteiger partial charge in [0.25, 0.3) is 0 Å². The van der Waals surface area contributed by atoms with Gasteiger partial charge < -0.3 is 4.90 Å². The van der Waals surface area contributed by atoms with Gasteiger partial charge in [0.1, 0.15) is 0 Å². The molecule has 0 saturated heterocycles. The Bertz CT molecular complexity index is 161. The molecule has 0 N–H and O–H groups in total. The van der Waals surface area contributed by atoms with Crippen molar-refractivity contribution in [1.82, 2.24) is 9.80 Å². The summed E-state index contributed by atoms with van der Waals surface area (Å²) in [6.07, 6.45) is 7.66. The summed E-state index contributed by atoms with van der Waals surface area (Å²) in [6.45, 7) is 1.03. The minimum atomic E-state index is 1.03. The molecule has 0 heterocycles. The SMILES string of the molecule is CN(C)CN(C)C1=CCCCC1. The van der Waals surface area contributed by atoms with Crippen LogP contribution in [0.4, 0.5) is 0 Å². The van der Waals surface area contributed by atoms with E-state index in [4.69, 9.17) is 0 Å². The van der Waals surface area contributed by atoms with Crippen molar-refractivity contribution in [3.63, 3.8) is 0 Å². The lowest BCUT2D eigenvalue weighted by atomic mass is 10.0. The van der Waals surface area contributed by atoms with E-state index in [0.717, 1.165) is 6.67 Å². The van der Waals surface area contributed by atoms with Crippen LogP contribution in [0.2, 0.25) is 0 Å². The monoisotopic (exact) mass is 168 g/mol. The molecule has 12 heavy (non-hydrogen) atoms. The van der Waals surface area contributed by atoms with E-state index in [9.17, 15) is 0 Å². The number of nitrogens with zero attached hydrogens (tertiary/aromatic N) is 2. The van der Waals surface area contributed by atoms with Gasteiger partial charge in [0, 0.05) is 12.7 Å². The average molecular weight is 168 g/mol. The maximum absolute atomic E-state index is 2.38. The first-order chi connectivity index (χ1) is 5.70. The minimum Gasteiger partial charge on any atom is -0.365 e. The summed E-state index contributed by atoms with van der Waals surface area (Å²) in [5.41, 5.74) is 1.52. The highest BCUT2D eigenvalue weighted by Crippen LogP contribution is 2.19. The molecule has 70 valence electrons. The fraction of sp³-hybridized carbons (Fsp3) is 0.800. The molecule has 0 aromatic heterocycles. The van der Waals surface area contributed by atoms with Gasteiger partial charge in [-0.15, -0.1) is 0 Å². The summed E-state index contributed by atoms with van der Waals surface area (Å²) < 4.78 is 0. The van der Waals surface area contributed by atoms with E-state index in [1.165, 1.54) is 31.4 Å². The molecule has 0 atom stereocenters. The topological polar surface area (TPSA) is 6.48 Å². The molecule has 0 radical (unpaired) electrons. The molecule has 0 aromatic rings. The Balaban J connectivity index is 2.39. The van der Waals surface area contributed by atoms with Crippen LogP contribution in [0.3, 0.4) is 0 Å². The fourth-order valence-corrected chi connectivity index (χ4v) is 1.68. The predicted octanol–water partition coefficient (Wildman–Crippen LogP) is 1.90. The van der Waals surface area contributed by atoms with Crippen LogP contribution in [-0.2, 0) is 0 Å². The zero-order valence-corrected chi connectivity index (χ0v) is 8.51. The van der Waals surface area contributed by atoms with Crippen LogP contribution < -0.4 is 0 Å². The Labute approximate surface area is 75.8 Å². The van der Waals surface area contributed by atoms with Gasteiger partial charge in [-0.05, 0) is 39.8 Å². The van der Waals surface area contributed by atoms with Gasteiger partial charge in [0.2, 0.25) is 0 Å². The third kappa shape index (κ3) is 2.86. The van der Waals surface area contributed by atoms with Crippen LogP contribution in [0, 0.1) is 0 Å². The second kappa shape index (κ2) is 4.51. The van der Waals surface area contributed by atoms with E-state index < -0.39 is 0 Å². The van der Waals surface area contributed by atoms with E-state index in [-0.39, 0.29) is 0 Å². The van der Waals surface area contributed by atoms with Gasteiger partial charge in [-0.25, -0.2) is 0 Å². The second-order valence-corrected chi connectivity index (χ2v) is 3.86. The summed E-state index contributed by atoms with van der Waals surface area (Å²) in [7, 11) is 6.40. The number of allylic oxidation sites excluding steroid dienone is 2. The van der Waals surface area contributed by atoms with Crippen LogP contribution >= 0.6 is 0 Å². The van der Waals surface area contributed by atoms with Gasteiger partial charge in [-0.2, -0.15) is 0 Å². The highest BCUT2D eigenvalue weighted by molar-refractivity contribution is 5.02. The molecular formula is C10H20N2. The molecule has 0 saturated carbocycles. The first-order valence-corrected chi connectivity index (χ1v) is 4.75. The van der Waals surface area contributed by atoms with Crippen molar-refractivity contribution in [2.24, 2.45) is 0 Å². The summed E-state index contributed by atoms with van der Waals surface area (Å²) in [6, 6.07) is 0. The van der Waals surface area contributed by atoms with Crippen molar-refractivity contribution >= 4 is 0 Å². The zero-order chi connectivity index (χ0) is 8.97. The molecular weight excluding hydrogens is 148 g/mol. The van der Waals surface area contributed by atoms with Gasteiger partial charge >= 0.3 is 0 Å². The lowest BCUT2D eigenvalue weighted by molar-refractivity contribution is 0.242. The first kappa shape index (κ1) is 9.59. The Morgan fingerprint density at radius 2 is 2.00 bits per heavy atom. The van der Waals surface area contributed by atoms with E-state index in [0.29, 0.717) is 0 Å². The number of hydrogen-bond acceptors (Lipinski definition) is 2. The van der Waals surface area contributed by atoms with Gasteiger partial charge in [0.05, 0.1) is 6.67 Å². The Morgan fingerprint density at radius 1 is 1.25 bits per heavy atom. The standard InChI is InChI=1S/C10H20N2/c1-11(2)9-12(3)10-7-5-4-6-8-10/h7H,4-6,8-9H2,1-3H3. The molecule has 2 heteroatoms. The smallest absolute Gasteiger partial charge is 0.0695 e. The molecule has 2 nitrogen and oxygen atoms in total. The maximum atomic E-state index is 2.38. The van der Waals surface area contributed by atoms with E-state index in [1.807, 2.05) is 0 Å². The molecule has 1 aliphatic carbocycles. The molecule has 1 rings (SSSR count). The van der Waals surface area contributed by atoms with Crippen LogP contribution in [0.15, 0.2) is 11.8 Å². The quantitative estimate of drug-likeness (QED) is 0.594. The number of rotatable bonds is 3. The van der Waals surface area contributed by atoms with E-state index in [1.54, 1.807) is 0 Å². The average Bonchev–Trinajstić information content (AvgIpc) is 2.05. The highest BCUT2D eigenvalue weighted by atomic mass is 15.3. The van der Waals surface area contributed by atoms with Crippen molar-refractivity contribution in [1.29, 1.82) is 0 Å². The third-order valence-corrected chi connectivity index (χ3v) is 2.25. The zero-order valence-electron chi connectivity index (χ0n) is 8.51. The first-order valence-electron chi connectivity index (χ1n) is 4.75. The van der Waals surface area contributed by atoms with Crippen molar-refractivity contribution in [3.8, 4) is 0 Å². The van der Waals surface area contributed by atoms with Crippen LogP contribution in [0.1, 0.15) is 25.7 Å². The fourth-order valence-electron chi connectivity index (χ4n) is 1.68. The van der Waals surface area contributed by atoms with Gasteiger partial charge in [-0.1, -0.05) is 6.08 Å². The molecule has 0 aliphatic heterocycles. The predicted molar refractivity (Wildman–Crippen MR) is 52.9 cm³/mol. The van der Waals surface area contributed by atoms with E-state index in [2.05, 4.69) is 37.0 Å². The normalized spacial score (nSPS) is 17.8. The summed E-state index contributed by atoms with van der Waals surface area (Å²) >= 11 is 0. The van der Waals surface area contributed by atoms with Gasteiger partial charge in [-0.3, -0.25) is 4.90 Å². The highest BCUT2D eigenvalue weighted by Gasteiger charge is 2.07. The maximum Gasteiger partial charge on any atom is 0.0695 e. The minimum absolute atomic E-state index is 1.03. The molecule has 0 fully saturated rings. The molecule has 0 amide bonds.